The Morgan fingerprint density at radius 1 is 1.00 bits per heavy atom. The lowest BCUT2D eigenvalue weighted by molar-refractivity contribution is -0.130. The molecule has 0 spiro atoms. The number of para-hydroxylation sites is 1. The van der Waals surface area contributed by atoms with Gasteiger partial charge in [0.2, 0.25) is 18.0 Å². The van der Waals surface area contributed by atoms with Crippen molar-refractivity contribution in [3.63, 3.8) is 0 Å². The first-order chi connectivity index (χ1) is 17.9. The van der Waals surface area contributed by atoms with E-state index in [1.165, 1.54) is 4.90 Å². The smallest absolute Gasteiger partial charge is 0.272 e. The molecule has 2 atom stereocenters. The van der Waals surface area contributed by atoms with E-state index in [2.05, 4.69) is 15.6 Å². The third-order valence-corrected chi connectivity index (χ3v) is 6.24. The molecule has 8 heteroatoms. The van der Waals surface area contributed by atoms with Gasteiger partial charge in [-0.25, -0.2) is 4.99 Å². The Bertz CT molecular complexity index is 1300. The van der Waals surface area contributed by atoms with Gasteiger partial charge in [-0.05, 0) is 37.1 Å². The molecule has 8 nitrogen and oxygen atoms in total. The molecular weight excluding hydrogens is 468 g/mol. The van der Waals surface area contributed by atoms with Crippen molar-refractivity contribution in [3.8, 4) is 5.75 Å². The van der Waals surface area contributed by atoms with Gasteiger partial charge in [-0.2, -0.15) is 0 Å². The Labute approximate surface area is 216 Å². The van der Waals surface area contributed by atoms with Crippen LogP contribution in [-0.2, 0) is 20.8 Å². The number of benzene rings is 3. The van der Waals surface area contributed by atoms with Crippen molar-refractivity contribution in [1.82, 2.24) is 10.6 Å². The average Bonchev–Trinajstić information content (AvgIpc) is 3.03. The van der Waals surface area contributed by atoms with Crippen molar-refractivity contribution in [1.29, 1.82) is 0 Å². The van der Waals surface area contributed by atoms with Gasteiger partial charge in [-0.3, -0.25) is 14.4 Å². The number of aliphatic imine (C=N–C) groups is 1. The van der Waals surface area contributed by atoms with E-state index in [1.807, 2.05) is 78.9 Å². The molecule has 1 aliphatic heterocycles. The van der Waals surface area contributed by atoms with Crippen LogP contribution >= 0.6 is 0 Å². The standard InChI is InChI=1S/C29H30N4O4/c1-19(30-25(34)18-15-20-13-16-22(37-3)17-14-20)28(35)32-27-29(36)33(2)24-12-8-7-11-23(24)26(31-27)21-9-5-4-6-10-21/h4-14,16-17,19,27H,15,18H2,1-3H3,(H,30,34)(H,32,35)/t19-,27?/m0/s1. The van der Waals surface area contributed by atoms with Crippen molar-refractivity contribution in [2.75, 3.05) is 19.1 Å². The topological polar surface area (TPSA) is 100 Å². The lowest BCUT2D eigenvalue weighted by atomic mass is 10.0. The second-order valence-electron chi connectivity index (χ2n) is 8.81. The number of methoxy groups -OCH3 is 1. The molecule has 0 fully saturated rings. The molecule has 1 unspecified atom stereocenters. The third-order valence-electron chi connectivity index (χ3n) is 6.24. The summed E-state index contributed by atoms with van der Waals surface area (Å²) in [5.74, 6) is -0.376. The largest absolute Gasteiger partial charge is 0.497 e. The highest BCUT2D eigenvalue weighted by molar-refractivity contribution is 6.20. The Kier molecular flexibility index (Phi) is 7.98. The molecule has 190 valence electrons. The van der Waals surface area contributed by atoms with E-state index in [1.54, 1.807) is 21.1 Å². The number of fused-ring (bicyclic) bond motifs is 1. The second kappa shape index (κ2) is 11.5. The zero-order valence-corrected chi connectivity index (χ0v) is 21.1. The maximum absolute atomic E-state index is 13.3. The van der Waals surface area contributed by atoms with Crippen molar-refractivity contribution >= 4 is 29.1 Å². The number of nitrogens with one attached hydrogen (secondary N) is 2. The molecule has 0 saturated carbocycles. The Morgan fingerprint density at radius 2 is 1.68 bits per heavy atom. The summed E-state index contributed by atoms with van der Waals surface area (Å²) in [6.07, 6.45) is -0.390. The number of benzodiazepines with no additional fused rings is 1. The van der Waals surface area contributed by atoms with Crippen molar-refractivity contribution < 1.29 is 19.1 Å². The van der Waals surface area contributed by atoms with Crippen LogP contribution in [0.15, 0.2) is 83.9 Å². The maximum atomic E-state index is 13.3. The fourth-order valence-electron chi connectivity index (χ4n) is 4.13. The average molecular weight is 499 g/mol. The summed E-state index contributed by atoms with van der Waals surface area (Å²) >= 11 is 0. The van der Waals surface area contributed by atoms with Crippen LogP contribution < -0.4 is 20.3 Å². The van der Waals surface area contributed by atoms with Crippen molar-refractivity contribution in [2.24, 2.45) is 4.99 Å². The number of anilines is 1. The molecule has 2 N–H and O–H groups in total. The molecule has 0 aromatic heterocycles. The van der Waals surface area contributed by atoms with Gasteiger partial charge in [0.05, 0.1) is 18.5 Å². The number of ether oxygens (including phenoxy) is 1. The SMILES string of the molecule is COc1ccc(CCC(=O)N[C@@H](C)C(=O)NC2N=C(c3ccccc3)c3ccccc3N(C)C2=O)cc1. The van der Waals surface area contributed by atoms with Crippen molar-refractivity contribution in [3.05, 3.63) is 95.6 Å². The van der Waals surface area contributed by atoms with Gasteiger partial charge < -0.3 is 20.3 Å². The molecule has 0 aliphatic carbocycles. The van der Waals surface area contributed by atoms with Gasteiger partial charge >= 0.3 is 0 Å². The first kappa shape index (κ1) is 25.6. The number of carbonyl (C=O) groups excluding carboxylic acids is 3. The van der Waals surface area contributed by atoms with Gasteiger partial charge in [0.15, 0.2) is 0 Å². The summed E-state index contributed by atoms with van der Waals surface area (Å²) in [5.41, 5.74) is 3.92. The van der Waals surface area contributed by atoms with Crippen LogP contribution in [0.4, 0.5) is 5.69 Å². The number of hydrogen-bond donors (Lipinski definition) is 2. The molecule has 4 rings (SSSR count). The van der Waals surface area contributed by atoms with E-state index < -0.39 is 18.1 Å². The Balaban J connectivity index is 1.45. The van der Waals surface area contributed by atoms with E-state index in [-0.39, 0.29) is 18.2 Å². The Hall–Kier alpha value is -4.46. The molecule has 3 aromatic carbocycles. The Morgan fingerprint density at radius 3 is 2.38 bits per heavy atom. The van der Waals surface area contributed by atoms with E-state index in [4.69, 9.17) is 4.74 Å². The molecule has 1 aliphatic rings. The summed E-state index contributed by atoms with van der Waals surface area (Å²) in [6, 6.07) is 23.7. The number of nitrogens with zero attached hydrogens (tertiary/aromatic N) is 2. The number of likely N-dealkylation sites (N-methyl/N-ethyl adjacent to an activating group) is 1. The number of rotatable bonds is 8. The molecule has 3 amide bonds. The first-order valence-electron chi connectivity index (χ1n) is 12.1. The van der Waals surface area contributed by atoms with Crippen LogP contribution in [0.1, 0.15) is 30.0 Å². The zero-order chi connectivity index (χ0) is 26.4. The quantitative estimate of drug-likeness (QED) is 0.499. The van der Waals surface area contributed by atoms with Gasteiger partial charge in [0, 0.05) is 24.6 Å². The molecule has 0 saturated heterocycles. The highest BCUT2D eigenvalue weighted by Gasteiger charge is 2.32. The molecular formula is C29H30N4O4. The molecule has 0 radical (unpaired) electrons. The summed E-state index contributed by atoms with van der Waals surface area (Å²) < 4.78 is 5.15. The van der Waals surface area contributed by atoms with Crippen LogP contribution in [0.2, 0.25) is 0 Å². The van der Waals surface area contributed by atoms with Crippen LogP contribution in [0.5, 0.6) is 5.75 Å². The molecule has 1 heterocycles. The summed E-state index contributed by atoms with van der Waals surface area (Å²) in [6.45, 7) is 1.59. The van der Waals surface area contributed by atoms with Crippen LogP contribution in [0.3, 0.4) is 0 Å². The van der Waals surface area contributed by atoms with Crippen LogP contribution in [0.25, 0.3) is 0 Å². The second-order valence-corrected chi connectivity index (χ2v) is 8.81. The van der Waals surface area contributed by atoms with E-state index in [9.17, 15) is 14.4 Å². The van der Waals surface area contributed by atoms with E-state index in [0.717, 1.165) is 22.4 Å². The monoisotopic (exact) mass is 498 g/mol. The number of carbonyl (C=O) groups is 3. The minimum atomic E-state index is -1.14. The molecule has 37 heavy (non-hydrogen) atoms. The highest BCUT2D eigenvalue weighted by Crippen LogP contribution is 2.27. The number of aryl methyl sites for hydroxylation is 1. The predicted molar refractivity (Wildman–Crippen MR) is 143 cm³/mol. The van der Waals surface area contributed by atoms with Gasteiger partial charge in [0.25, 0.3) is 5.91 Å². The summed E-state index contributed by atoms with van der Waals surface area (Å²) in [5, 5.41) is 5.43. The van der Waals surface area contributed by atoms with Crippen LogP contribution in [-0.4, -0.2) is 49.8 Å². The fraction of sp³-hybridized carbons (Fsp3) is 0.241. The summed E-state index contributed by atoms with van der Waals surface area (Å²) in [4.78, 5) is 44.9. The minimum absolute atomic E-state index is 0.223. The normalized spacial score (nSPS) is 15.6. The van der Waals surface area contributed by atoms with Crippen LogP contribution in [0, 0.1) is 0 Å². The lowest BCUT2D eigenvalue weighted by Crippen LogP contribution is -2.52. The lowest BCUT2D eigenvalue weighted by Gasteiger charge is -2.22. The zero-order valence-electron chi connectivity index (χ0n) is 21.1. The molecule has 3 aromatic rings. The van der Waals surface area contributed by atoms with Crippen molar-refractivity contribution in [2.45, 2.75) is 32.0 Å². The predicted octanol–water partition coefficient (Wildman–Crippen LogP) is 3.09. The number of amides is 3. The van der Waals surface area contributed by atoms with E-state index in [0.29, 0.717) is 17.8 Å². The summed E-state index contributed by atoms with van der Waals surface area (Å²) in [7, 11) is 3.26. The van der Waals surface area contributed by atoms with Gasteiger partial charge in [0.1, 0.15) is 11.8 Å². The highest BCUT2D eigenvalue weighted by atomic mass is 16.5. The molecule has 0 bridgehead atoms. The van der Waals surface area contributed by atoms with E-state index >= 15 is 0 Å². The van der Waals surface area contributed by atoms with Gasteiger partial charge in [-0.1, -0.05) is 60.7 Å². The third kappa shape index (κ3) is 6.03. The fourth-order valence-corrected chi connectivity index (χ4v) is 4.13. The number of hydrogen-bond acceptors (Lipinski definition) is 5. The van der Waals surface area contributed by atoms with Gasteiger partial charge in [-0.15, -0.1) is 0 Å². The minimum Gasteiger partial charge on any atom is -0.497 e. The first-order valence-corrected chi connectivity index (χ1v) is 12.1. The maximum Gasteiger partial charge on any atom is 0.272 e.